The topological polar surface area (TPSA) is 85.0 Å². The second kappa shape index (κ2) is 8.39. The lowest BCUT2D eigenvalue weighted by Crippen LogP contribution is -2.40. The van der Waals surface area contributed by atoms with Gasteiger partial charge in [0, 0.05) is 25.3 Å². The Bertz CT molecular complexity index is 807. The van der Waals surface area contributed by atoms with Crippen LogP contribution in [0.5, 0.6) is 5.75 Å². The number of carbonyl (C=O) groups is 1. The van der Waals surface area contributed by atoms with Crippen molar-refractivity contribution >= 4 is 11.8 Å². The number of halogens is 1. The standard InChI is InChI=1S/C19H23FN2O5/c1-3-9-26-13-5-4-8-22(11-13)18-16(19(23)24)17(27-21-18)12-6-7-14(20)15(10-12)25-2/h6-7,10,13H,3-5,8-9,11H2,1-2H3,(H,23,24). The highest BCUT2D eigenvalue weighted by molar-refractivity contribution is 5.99. The van der Waals surface area contributed by atoms with Crippen LogP contribution in [-0.4, -0.2) is 49.1 Å². The molecule has 1 atom stereocenters. The van der Waals surface area contributed by atoms with Gasteiger partial charge in [-0.3, -0.25) is 0 Å². The average molecular weight is 378 g/mol. The van der Waals surface area contributed by atoms with Gasteiger partial charge in [-0.2, -0.15) is 0 Å². The molecule has 0 bridgehead atoms. The van der Waals surface area contributed by atoms with Crippen LogP contribution in [0.15, 0.2) is 22.7 Å². The molecule has 2 heterocycles. The van der Waals surface area contributed by atoms with E-state index in [0.717, 1.165) is 19.3 Å². The maximum atomic E-state index is 13.7. The van der Waals surface area contributed by atoms with Crippen LogP contribution in [0.2, 0.25) is 0 Å². The summed E-state index contributed by atoms with van der Waals surface area (Å²) in [6, 6.07) is 4.05. The van der Waals surface area contributed by atoms with Crippen LogP contribution in [0.3, 0.4) is 0 Å². The van der Waals surface area contributed by atoms with Crippen molar-refractivity contribution in [2.45, 2.75) is 32.3 Å². The van der Waals surface area contributed by atoms with Gasteiger partial charge in [-0.05, 0) is 37.5 Å². The minimum atomic E-state index is -1.15. The Morgan fingerprint density at radius 2 is 2.30 bits per heavy atom. The number of rotatable bonds is 7. The molecule has 0 saturated carbocycles. The molecule has 0 spiro atoms. The monoisotopic (exact) mass is 378 g/mol. The molecule has 27 heavy (non-hydrogen) atoms. The first kappa shape index (κ1) is 19.2. The van der Waals surface area contributed by atoms with Crippen molar-refractivity contribution in [3.05, 3.63) is 29.6 Å². The van der Waals surface area contributed by atoms with E-state index in [1.807, 2.05) is 11.8 Å². The zero-order chi connectivity index (χ0) is 19.4. The molecule has 1 N–H and O–H groups in total. The molecule has 1 aliphatic rings. The predicted octanol–water partition coefficient (Wildman–Crippen LogP) is 3.58. The summed E-state index contributed by atoms with van der Waals surface area (Å²) in [6.45, 7) is 3.94. The molecule has 146 valence electrons. The van der Waals surface area contributed by atoms with Crippen molar-refractivity contribution in [1.29, 1.82) is 0 Å². The summed E-state index contributed by atoms with van der Waals surface area (Å²) in [5.41, 5.74) is 0.347. The van der Waals surface area contributed by atoms with Crippen LogP contribution < -0.4 is 9.64 Å². The first-order valence-corrected chi connectivity index (χ1v) is 8.98. The first-order valence-electron chi connectivity index (χ1n) is 8.98. The molecular formula is C19H23FN2O5. The van der Waals surface area contributed by atoms with Gasteiger partial charge < -0.3 is 24.0 Å². The number of hydrogen-bond acceptors (Lipinski definition) is 6. The van der Waals surface area contributed by atoms with Gasteiger partial charge in [-0.15, -0.1) is 0 Å². The second-order valence-electron chi connectivity index (χ2n) is 6.45. The summed E-state index contributed by atoms with van der Waals surface area (Å²) in [5.74, 6) is -1.34. The fourth-order valence-electron chi connectivity index (χ4n) is 3.24. The molecule has 0 amide bonds. The van der Waals surface area contributed by atoms with E-state index in [4.69, 9.17) is 14.0 Å². The van der Waals surface area contributed by atoms with Crippen LogP contribution >= 0.6 is 0 Å². The van der Waals surface area contributed by atoms with Gasteiger partial charge >= 0.3 is 5.97 Å². The number of carboxylic acid groups (broad SMARTS) is 1. The number of anilines is 1. The first-order chi connectivity index (χ1) is 13.0. The number of nitrogens with zero attached hydrogens (tertiary/aromatic N) is 2. The van der Waals surface area contributed by atoms with Crippen LogP contribution in [0.25, 0.3) is 11.3 Å². The molecular weight excluding hydrogens is 355 g/mol. The predicted molar refractivity (Wildman–Crippen MR) is 96.9 cm³/mol. The van der Waals surface area contributed by atoms with Crippen molar-refractivity contribution < 1.29 is 28.3 Å². The SMILES string of the molecule is CCCOC1CCCN(c2noc(-c3ccc(F)c(OC)c3)c2C(=O)O)C1. The molecule has 1 saturated heterocycles. The van der Waals surface area contributed by atoms with E-state index in [-0.39, 0.29) is 29.0 Å². The Kier molecular flexibility index (Phi) is 5.95. The molecule has 1 aromatic carbocycles. The van der Waals surface area contributed by atoms with Crippen LogP contribution in [0.1, 0.15) is 36.5 Å². The Balaban J connectivity index is 1.93. The van der Waals surface area contributed by atoms with Gasteiger partial charge in [0.25, 0.3) is 0 Å². The minimum absolute atomic E-state index is 0.00721. The molecule has 3 rings (SSSR count). The third-order valence-corrected chi connectivity index (χ3v) is 4.54. The lowest BCUT2D eigenvalue weighted by molar-refractivity contribution is 0.0436. The normalized spacial score (nSPS) is 17.1. The number of piperidine rings is 1. The molecule has 2 aromatic rings. The van der Waals surface area contributed by atoms with E-state index >= 15 is 0 Å². The third kappa shape index (κ3) is 4.05. The highest BCUT2D eigenvalue weighted by Gasteiger charge is 2.31. The number of aromatic carboxylic acids is 1. The van der Waals surface area contributed by atoms with Crippen molar-refractivity contribution in [3.63, 3.8) is 0 Å². The number of ether oxygens (including phenoxy) is 2. The van der Waals surface area contributed by atoms with Gasteiger partial charge in [0.05, 0.1) is 13.2 Å². The van der Waals surface area contributed by atoms with Gasteiger partial charge in [0.2, 0.25) is 0 Å². The Labute approximate surface area is 156 Å². The lowest BCUT2D eigenvalue weighted by Gasteiger charge is -2.32. The van der Waals surface area contributed by atoms with E-state index in [2.05, 4.69) is 5.16 Å². The molecule has 7 nitrogen and oxygen atoms in total. The van der Waals surface area contributed by atoms with E-state index in [1.54, 1.807) is 0 Å². The third-order valence-electron chi connectivity index (χ3n) is 4.54. The highest BCUT2D eigenvalue weighted by Crippen LogP contribution is 2.35. The van der Waals surface area contributed by atoms with Gasteiger partial charge in [-0.1, -0.05) is 12.1 Å². The number of carboxylic acids is 1. The molecule has 1 unspecified atom stereocenters. The molecule has 1 aliphatic heterocycles. The van der Waals surface area contributed by atoms with Crippen molar-refractivity contribution in [3.8, 4) is 17.1 Å². The van der Waals surface area contributed by atoms with E-state index < -0.39 is 11.8 Å². The molecule has 8 heteroatoms. The fourth-order valence-corrected chi connectivity index (χ4v) is 3.24. The smallest absolute Gasteiger partial charge is 0.343 e. The number of methoxy groups -OCH3 is 1. The van der Waals surface area contributed by atoms with E-state index in [0.29, 0.717) is 25.3 Å². The average Bonchev–Trinajstić information content (AvgIpc) is 3.12. The van der Waals surface area contributed by atoms with Gasteiger partial charge in [0.1, 0.15) is 0 Å². The summed E-state index contributed by atoms with van der Waals surface area (Å²) in [6.07, 6.45) is 2.77. The zero-order valence-corrected chi connectivity index (χ0v) is 15.4. The molecule has 0 aliphatic carbocycles. The summed E-state index contributed by atoms with van der Waals surface area (Å²) >= 11 is 0. The van der Waals surface area contributed by atoms with E-state index in [1.165, 1.54) is 25.3 Å². The van der Waals surface area contributed by atoms with Crippen LogP contribution in [0, 0.1) is 5.82 Å². The zero-order valence-electron chi connectivity index (χ0n) is 15.4. The minimum Gasteiger partial charge on any atom is -0.494 e. The van der Waals surface area contributed by atoms with Crippen molar-refractivity contribution in [1.82, 2.24) is 5.16 Å². The molecule has 1 fully saturated rings. The Hall–Kier alpha value is -2.61. The Morgan fingerprint density at radius 3 is 3.00 bits per heavy atom. The van der Waals surface area contributed by atoms with Gasteiger partial charge in [-0.25, -0.2) is 9.18 Å². The maximum Gasteiger partial charge on any atom is 0.343 e. The second-order valence-corrected chi connectivity index (χ2v) is 6.45. The largest absolute Gasteiger partial charge is 0.494 e. The maximum absolute atomic E-state index is 13.7. The quantitative estimate of drug-likeness (QED) is 0.788. The number of hydrogen-bond donors (Lipinski definition) is 1. The lowest BCUT2D eigenvalue weighted by atomic mass is 10.0. The fraction of sp³-hybridized carbons (Fsp3) is 0.474. The van der Waals surface area contributed by atoms with Crippen LogP contribution in [-0.2, 0) is 4.74 Å². The summed E-state index contributed by atoms with van der Waals surface area (Å²) in [4.78, 5) is 13.8. The van der Waals surface area contributed by atoms with Crippen LogP contribution in [0.4, 0.5) is 10.2 Å². The highest BCUT2D eigenvalue weighted by atomic mass is 19.1. The molecule has 0 radical (unpaired) electrons. The number of aromatic nitrogens is 1. The molecule has 1 aromatic heterocycles. The van der Waals surface area contributed by atoms with Crippen molar-refractivity contribution in [2.75, 3.05) is 31.7 Å². The van der Waals surface area contributed by atoms with Gasteiger partial charge in [0.15, 0.2) is 28.7 Å². The summed E-state index contributed by atoms with van der Waals surface area (Å²) < 4.78 is 29.8. The summed E-state index contributed by atoms with van der Waals surface area (Å²) in [7, 11) is 1.34. The van der Waals surface area contributed by atoms with E-state index in [9.17, 15) is 14.3 Å². The summed E-state index contributed by atoms with van der Waals surface area (Å²) in [5, 5.41) is 13.8. The Morgan fingerprint density at radius 1 is 1.48 bits per heavy atom. The number of benzene rings is 1. The van der Waals surface area contributed by atoms with Crippen molar-refractivity contribution in [2.24, 2.45) is 0 Å².